The Hall–Kier alpha value is -3.90. The molecule has 1 aliphatic heterocycles. The lowest BCUT2D eigenvalue weighted by molar-refractivity contribution is -0.137. The molecule has 0 bridgehead atoms. The lowest BCUT2D eigenvalue weighted by Gasteiger charge is -2.27. The summed E-state index contributed by atoms with van der Waals surface area (Å²) in [6.07, 6.45) is -4.97. The molecule has 4 N–H and O–H groups in total. The van der Waals surface area contributed by atoms with E-state index in [1.165, 1.54) is 23.1 Å². The molecule has 2 amide bonds. The van der Waals surface area contributed by atoms with E-state index in [1.54, 1.807) is 24.3 Å². The fraction of sp³-hybridized carbons (Fsp3) is 0.320. The standard InChI is InChI=1S/C25H26F3N5O4/c1-15-10-11-29-20-9-8-19(16-4-2-5-17(12-16)25(26,27)28)30-23(20)33(15)24(36)32-21-6-3-7-22(31-21)37-14-18(35)13-34/h2-9,12,15,18,29,34-35H,10-11,13-14H2,1H3,(H,31,32,36)/t15-,18-/m1/s1. The zero-order valence-electron chi connectivity index (χ0n) is 19.9. The van der Waals surface area contributed by atoms with Crippen LogP contribution in [0, 0.1) is 0 Å². The van der Waals surface area contributed by atoms with Gasteiger partial charge in [0.25, 0.3) is 0 Å². The van der Waals surface area contributed by atoms with Crippen LogP contribution in [0.15, 0.2) is 54.6 Å². The van der Waals surface area contributed by atoms with Gasteiger partial charge in [-0.05, 0) is 43.7 Å². The molecule has 3 aromatic rings. The third-order valence-electron chi connectivity index (χ3n) is 5.72. The van der Waals surface area contributed by atoms with Crippen LogP contribution in [0.3, 0.4) is 0 Å². The number of aromatic nitrogens is 2. The number of carbonyl (C=O) groups is 1. The highest BCUT2D eigenvalue weighted by Gasteiger charge is 2.31. The van der Waals surface area contributed by atoms with Crippen LogP contribution in [0.4, 0.5) is 35.3 Å². The molecule has 3 heterocycles. The van der Waals surface area contributed by atoms with Crippen LogP contribution in [-0.4, -0.2) is 58.1 Å². The van der Waals surface area contributed by atoms with E-state index >= 15 is 0 Å². The number of halogens is 3. The summed E-state index contributed by atoms with van der Waals surface area (Å²) in [7, 11) is 0. The molecule has 0 unspecified atom stereocenters. The van der Waals surface area contributed by atoms with E-state index in [9.17, 15) is 23.1 Å². The van der Waals surface area contributed by atoms with Crippen LogP contribution >= 0.6 is 0 Å². The van der Waals surface area contributed by atoms with Crippen LogP contribution in [0.5, 0.6) is 5.88 Å². The number of carbonyl (C=O) groups excluding carboxylic acids is 1. The Morgan fingerprint density at radius 2 is 2.00 bits per heavy atom. The summed E-state index contributed by atoms with van der Waals surface area (Å²) in [6.45, 7) is 1.77. The number of amides is 2. The van der Waals surface area contributed by atoms with Crippen molar-refractivity contribution in [2.45, 2.75) is 31.7 Å². The Balaban J connectivity index is 1.62. The molecule has 37 heavy (non-hydrogen) atoms. The van der Waals surface area contributed by atoms with E-state index in [-0.39, 0.29) is 41.4 Å². The van der Waals surface area contributed by atoms with E-state index in [1.807, 2.05) is 6.92 Å². The monoisotopic (exact) mass is 517 g/mol. The molecular formula is C25H26F3N5O4. The zero-order valence-corrected chi connectivity index (χ0v) is 19.9. The summed E-state index contributed by atoms with van der Waals surface area (Å²) in [5.41, 5.74) is 0.335. The van der Waals surface area contributed by atoms with Gasteiger partial charge in [0.1, 0.15) is 18.5 Å². The van der Waals surface area contributed by atoms with Crippen molar-refractivity contribution in [2.24, 2.45) is 0 Å². The predicted molar refractivity (Wildman–Crippen MR) is 132 cm³/mol. The van der Waals surface area contributed by atoms with Gasteiger partial charge in [0.15, 0.2) is 5.82 Å². The van der Waals surface area contributed by atoms with Gasteiger partial charge in [-0.3, -0.25) is 10.2 Å². The second-order valence-corrected chi connectivity index (χ2v) is 8.52. The molecule has 0 spiro atoms. The average Bonchev–Trinajstić information content (AvgIpc) is 3.04. The lowest BCUT2D eigenvalue weighted by atomic mass is 10.1. The largest absolute Gasteiger partial charge is 0.475 e. The minimum absolute atomic E-state index is 0.140. The van der Waals surface area contributed by atoms with E-state index in [2.05, 4.69) is 20.6 Å². The van der Waals surface area contributed by atoms with Gasteiger partial charge in [-0.2, -0.15) is 18.2 Å². The number of alkyl halides is 3. The quantitative estimate of drug-likeness (QED) is 0.388. The van der Waals surface area contributed by atoms with E-state index in [0.717, 1.165) is 12.1 Å². The van der Waals surface area contributed by atoms with Crippen molar-refractivity contribution in [3.63, 3.8) is 0 Å². The summed E-state index contributed by atoms with van der Waals surface area (Å²) in [4.78, 5) is 23.6. The first-order chi connectivity index (χ1) is 17.7. The number of aliphatic hydroxyl groups is 2. The molecule has 2 aromatic heterocycles. The Labute approximate surface area is 210 Å². The number of ether oxygens (including phenoxy) is 1. The van der Waals surface area contributed by atoms with Gasteiger partial charge >= 0.3 is 12.2 Å². The fourth-order valence-electron chi connectivity index (χ4n) is 3.80. The maximum absolute atomic E-state index is 13.4. The van der Waals surface area contributed by atoms with Crippen molar-refractivity contribution in [3.05, 3.63) is 60.2 Å². The number of hydrogen-bond donors (Lipinski definition) is 4. The Bertz CT molecular complexity index is 1260. The first-order valence-electron chi connectivity index (χ1n) is 11.6. The summed E-state index contributed by atoms with van der Waals surface area (Å²) in [5.74, 6) is 0.595. The van der Waals surface area contributed by atoms with Crippen molar-refractivity contribution in [1.82, 2.24) is 9.97 Å². The minimum Gasteiger partial charge on any atom is -0.475 e. The minimum atomic E-state index is -4.49. The average molecular weight is 518 g/mol. The smallest absolute Gasteiger partial charge is 0.416 e. The molecule has 196 valence electrons. The number of rotatable bonds is 6. The van der Waals surface area contributed by atoms with Gasteiger partial charge in [0.05, 0.1) is 23.6 Å². The number of pyridine rings is 2. The number of nitrogens with one attached hydrogen (secondary N) is 2. The van der Waals surface area contributed by atoms with Crippen molar-refractivity contribution >= 4 is 23.4 Å². The maximum Gasteiger partial charge on any atom is 0.416 e. The van der Waals surface area contributed by atoms with Crippen molar-refractivity contribution < 1.29 is 32.9 Å². The van der Waals surface area contributed by atoms with Crippen molar-refractivity contribution in [2.75, 3.05) is 35.3 Å². The molecular weight excluding hydrogens is 491 g/mol. The first-order valence-corrected chi connectivity index (χ1v) is 11.6. The molecule has 9 nitrogen and oxygen atoms in total. The van der Waals surface area contributed by atoms with Gasteiger partial charge in [0, 0.05) is 24.2 Å². The van der Waals surface area contributed by atoms with Gasteiger partial charge in [0.2, 0.25) is 5.88 Å². The molecule has 1 aliphatic rings. The summed E-state index contributed by atoms with van der Waals surface area (Å²) < 4.78 is 45.1. The van der Waals surface area contributed by atoms with Crippen LogP contribution in [0.25, 0.3) is 11.3 Å². The number of nitrogens with zero attached hydrogens (tertiary/aromatic N) is 3. The molecule has 0 saturated carbocycles. The van der Waals surface area contributed by atoms with Gasteiger partial charge in [-0.15, -0.1) is 0 Å². The van der Waals surface area contributed by atoms with Crippen LogP contribution in [0.2, 0.25) is 0 Å². The number of urea groups is 1. The maximum atomic E-state index is 13.4. The van der Waals surface area contributed by atoms with Crippen molar-refractivity contribution in [3.8, 4) is 17.1 Å². The summed E-state index contributed by atoms with van der Waals surface area (Å²) in [5, 5.41) is 24.3. The highest BCUT2D eigenvalue weighted by atomic mass is 19.4. The normalized spacial score (nSPS) is 16.3. The number of fused-ring (bicyclic) bond motifs is 1. The predicted octanol–water partition coefficient (Wildman–Crippen LogP) is 4.14. The van der Waals surface area contributed by atoms with E-state index in [0.29, 0.717) is 18.7 Å². The Morgan fingerprint density at radius 3 is 2.76 bits per heavy atom. The SMILES string of the molecule is C[C@@H]1CCNc2ccc(-c3cccc(C(F)(F)F)c3)nc2N1C(=O)Nc1cccc(OC[C@H](O)CO)n1. The van der Waals surface area contributed by atoms with Gasteiger partial charge in [-0.25, -0.2) is 9.78 Å². The molecule has 4 rings (SSSR count). The second-order valence-electron chi connectivity index (χ2n) is 8.52. The number of aliphatic hydroxyl groups excluding tert-OH is 2. The summed E-state index contributed by atoms with van der Waals surface area (Å²) in [6, 6.07) is 12.0. The topological polar surface area (TPSA) is 120 Å². The molecule has 0 fully saturated rings. The second kappa shape index (κ2) is 11.0. The molecule has 12 heteroatoms. The molecule has 0 radical (unpaired) electrons. The number of benzene rings is 1. The fourth-order valence-corrected chi connectivity index (χ4v) is 3.80. The van der Waals surface area contributed by atoms with Crippen molar-refractivity contribution in [1.29, 1.82) is 0 Å². The van der Waals surface area contributed by atoms with E-state index in [4.69, 9.17) is 9.84 Å². The lowest BCUT2D eigenvalue weighted by Crippen LogP contribution is -2.42. The van der Waals surface area contributed by atoms with Crippen LogP contribution < -0.4 is 20.3 Å². The molecule has 0 saturated heterocycles. The first kappa shape index (κ1) is 26.2. The molecule has 0 aliphatic carbocycles. The highest BCUT2D eigenvalue weighted by molar-refractivity contribution is 6.03. The van der Waals surface area contributed by atoms with Crippen LogP contribution in [0.1, 0.15) is 18.9 Å². The highest BCUT2D eigenvalue weighted by Crippen LogP contribution is 2.35. The summed E-state index contributed by atoms with van der Waals surface area (Å²) >= 11 is 0. The third kappa shape index (κ3) is 6.27. The van der Waals surface area contributed by atoms with Crippen LogP contribution in [-0.2, 0) is 6.18 Å². The molecule has 2 atom stereocenters. The number of hydrogen-bond acceptors (Lipinski definition) is 7. The Kier molecular flexibility index (Phi) is 7.79. The van der Waals surface area contributed by atoms with Gasteiger partial charge < -0.3 is 20.3 Å². The number of anilines is 3. The van der Waals surface area contributed by atoms with Gasteiger partial charge in [-0.1, -0.05) is 18.2 Å². The Morgan fingerprint density at radius 1 is 1.22 bits per heavy atom. The zero-order chi connectivity index (χ0) is 26.6. The van der Waals surface area contributed by atoms with E-state index < -0.39 is 30.5 Å². The third-order valence-corrected chi connectivity index (χ3v) is 5.72. The molecule has 1 aromatic carbocycles.